The smallest absolute Gasteiger partial charge is 0.128 e. The maximum absolute atomic E-state index is 13.3. The summed E-state index contributed by atoms with van der Waals surface area (Å²) in [5.74, 6) is -1.34. The van der Waals surface area contributed by atoms with Crippen molar-refractivity contribution in [3.8, 4) is 11.8 Å². The van der Waals surface area contributed by atoms with Crippen molar-refractivity contribution >= 4 is 0 Å². The third-order valence-electron chi connectivity index (χ3n) is 3.62. The van der Waals surface area contributed by atoms with Gasteiger partial charge in [-0.2, -0.15) is 5.26 Å². The van der Waals surface area contributed by atoms with Gasteiger partial charge in [-0.1, -0.05) is 0 Å². The monoisotopic (exact) mass is 274 g/mol. The molecule has 2 aromatic rings. The van der Waals surface area contributed by atoms with E-state index in [4.69, 9.17) is 5.26 Å². The Morgan fingerprint density at radius 2 is 1.95 bits per heavy atom. The zero-order valence-corrected chi connectivity index (χ0v) is 10.6. The molecule has 102 valence electrons. The van der Waals surface area contributed by atoms with Crippen LogP contribution in [0.25, 0.3) is 5.69 Å². The van der Waals surface area contributed by atoms with Gasteiger partial charge in [-0.05, 0) is 31.4 Å². The van der Waals surface area contributed by atoms with E-state index in [1.54, 1.807) is 4.57 Å². The number of fused-ring (bicyclic) bond motifs is 1. The Labute approximate surface area is 114 Å². The summed E-state index contributed by atoms with van der Waals surface area (Å²) in [5.41, 5.74) is 2.03. The van der Waals surface area contributed by atoms with Crippen LogP contribution in [0, 0.1) is 23.0 Å². The highest BCUT2D eigenvalue weighted by Gasteiger charge is 2.26. The highest BCUT2D eigenvalue weighted by atomic mass is 19.1. The quantitative estimate of drug-likeness (QED) is 0.869. The van der Waals surface area contributed by atoms with Crippen LogP contribution in [-0.4, -0.2) is 9.67 Å². The normalized spacial score (nSPS) is 17.6. The summed E-state index contributed by atoms with van der Waals surface area (Å²) in [6, 6.07) is 5.27. The molecule has 3 nitrogen and oxygen atoms in total. The fourth-order valence-electron chi connectivity index (χ4n) is 2.79. The highest BCUT2D eigenvalue weighted by Crippen LogP contribution is 2.35. The number of aliphatic hydroxyl groups is 1. The maximum Gasteiger partial charge on any atom is 0.128 e. The molecule has 1 aromatic heterocycles. The molecule has 1 aromatic carbocycles. The van der Waals surface area contributed by atoms with Gasteiger partial charge in [0.25, 0.3) is 0 Å². The van der Waals surface area contributed by atoms with E-state index < -0.39 is 17.7 Å². The predicted molar refractivity (Wildman–Crippen MR) is 68.3 cm³/mol. The molecule has 0 spiro atoms. The summed E-state index contributed by atoms with van der Waals surface area (Å²) in [6.45, 7) is 0. The number of hydrogen-bond acceptors (Lipinski definition) is 2. The van der Waals surface area contributed by atoms with Crippen molar-refractivity contribution in [1.29, 1.82) is 5.26 Å². The molecular formula is C15H12F2N2O. The number of rotatable bonds is 1. The molecule has 1 aliphatic carbocycles. The van der Waals surface area contributed by atoms with Crippen LogP contribution in [0.1, 0.15) is 35.8 Å². The van der Waals surface area contributed by atoms with E-state index in [1.807, 2.05) is 6.07 Å². The molecule has 0 saturated carbocycles. The molecule has 0 saturated heterocycles. The van der Waals surface area contributed by atoms with Gasteiger partial charge in [0.05, 0.1) is 17.4 Å². The topological polar surface area (TPSA) is 49.0 Å². The molecule has 1 aliphatic rings. The summed E-state index contributed by atoms with van der Waals surface area (Å²) >= 11 is 0. The Hall–Kier alpha value is -2.19. The first-order valence-corrected chi connectivity index (χ1v) is 6.39. The van der Waals surface area contributed by atoms with Crippen LogP contribution >= 0.6 is 0 Å². The molecule has 0 fully saturated rings. The molecular weight excluding hydrogens is 262 g/mol. The van der Waals surface area contributed by atoms with Crippen LogP contribution in [0.3, 0.4) is 0 Å². The van der Waals surface area contributed by atoms with Crippen LogP contribution in [-0.2, 0) is 6.42 Å². The SMILES string of the molecule is N#Cc1cn(-c2cc(F)cc(F)c2)c2c1C(O)CCC2. The number of nitriles is 1. The first kappa shape index (κ1) is 12.8. The van der Waals surface area contributed by atoms with E-state index in [0.29, 0.717) is 29.7 Å². The maximum atomic E-state index is 13.3. The van der Waals surface area contributed by atoms with E-state index in [-0.39, 0.29) is 0 Å². The molecule has 0 aliphatic heterocycles. The van der Waals surface area contributed by atoms with Gasteiger partial charge in [0.15, 0.2) is 0 Å². The molecule has 20 heavy (non-hydrogen) atoms. The lowest BCUT2D eigenvalue weighted by Crippen LogP contribution is -2.11. The number of hydrogen-bond donors (Lipinski definition) is 1. The lowest BCUT2D eigenvalue weighted by Gasteiger charge is -2.20. The Balaban J connectivity index is 2.22. The third kappa shape index (κ3) is 1.98. The minimum Gasteiger partial charge on any atom is -0.388 e. The van der Waals surface area contributed by atoms with Crippen LogP contribution in [0.15, 0.2) is 24.4 Å². The first-order valence-electron chi connectivity index (χ1n) is 6.39. The molecule has 5 heteroatoms. The third-order valence-corrected chi connectivity index (χ3v) is 3.62. The number of nitrogens with zero attached hydrogens (tertiary/aromatic N) is 2. The van der Waals surface area contributed by atoms with E-state index in [1.165, 1.54) is 18.3 Å². The highest BCUT2D eigenvalue weighted by molar-refractivity contribution is 5.49. The molecule has 0 radical (unpaired) electrons. The van der Waals surface area contributed by atoms with Gasteiger partial charge in [0, 0.05) is 23.5 Å². The van der Waals surface area contributed by atoms with Crippen molar-refractivity contribution in [2.24, 2.45) is 0 Å². The molecule has 1 unspecified atom stereocenters. The fraction of sp³-hybridized carbons (Fsp3) is 0.267. The predicted octanol–water partition coefficient (Wildman–Crippen LogP) is 3.00. The fourth-order valence-corrected chi connectivity index (χ4v) is 2.79. The molecule has 0 amide bonds. The van der Waals surface area contributed by atoms with Gasteiger partial charge >= 0.3 is 0 Å². The second kappa shape index (κ2) is 4.73. The van der Waals surface area contributed by atoms with Gasteiger partial charge in [-0.15, -0.1) is 0 Å². The van der Waals surface area contributed by atoms with Crippen molar-refractivity contribution in [3.63, 3.8) is 0 Å². The largest absolute Gasteiger partial charge is 0.388 e. The molecule has 1 heterocycles. The molecule has 1 N–H and O–H groups in total. The summed E-state index contributed by atoms with van der Waals surface area (Å²) in [7, 11) is 0. The zero-order valence-electron chi connectivity index (χ0n) is 10.6. The zero-order chi connectivity index (χ0) is 14.3. The Kier molecular flexibility index (Phi) is 3.03. The second-order valence-electron chi connectivity index (χ2n) is 4.92. The molecule has 0 bridgehead atoms. The first-order chi connectivity index (χ1) is 9.60. The minimum atomic E-state index is -0.687. The van der Waals surface area contributed by atoms with Crippen molar-refractivity contribution in [2.45, 2.75) is 25.4 Å². The van der Waals surface area contributed by atoms with Gasteiger partial charge in [0.1, 0.15) is 17.7 Å². The van der Waals surface area contributed by atoms with E-state index in [0.717, 1.165) is 18.2 Å². The Morgan fingerprint density at radius 3 is 2.60 bits per heavy atom. The van der Waals surface area contributed by atoms with Gasteiger partial charge in [-0.25, -0.2) is 8.78 Å². The second-order valence-corrected chi connectivity index (χ2v) is 4.92. The van der Waals surface area contributed by atoms with E-state index >= 15 is 0 Å². The van der Waals surface area contributed by atoms with E-state index in [2.05, 4.69) is 0 Å². The number of aromatic nitrogens is 1. The Bertz CT molecular complexity index is 695. The van der Waals surface area contributed by atoms with Gasteiger partial charge in [-0.3, -0.25) is 0 Å². The van der Waals surface area contributed by atoms with Crippen molar-refractivity contribution < 1.29 is 13.9 Å². The summed E-state index contributed by atoms with van der Waals surface area (Å²) in [5, 5.41) is 19.2. The number of halogens is 2. The average molecular weight is 274 g/mol. The van der Waals surface area contributed by atoms with Gasteiger partial charge in [0.2, 0.25) is 0 Å². The lowest BCUT2D eigenvalue weighted by atomic mass is 9.92. The number of aliphatic hydroxyl groups excluding tert-OH is 1. The lowest BCUT2D eigenvalue weighted by molar-refractivity contribution is 0.156. The van der Waals surface area contributed by atoms with Crippen LogP contribution in [0.4, 0.5) is 8.78 Å². The van der Waals surface area contributed by atoms with Crippen molar-refractivity contribution in [1.82, 2.24) is 4.57 Å². The van der Waals surface area contributed by atoms with Crippen LogP contribution in [0.2, 0.25) is 0 Å². The average Bonchev–Trinajstić information content (AvgIpc) is 2.78. The summed E-state index contributed by atoms with van der Waals surface area (Å²) in [6.07, 6.45) is 2.90. The molecule has 3 rings (SSSR count). The van der Waals surface area contributed by atoms with Crippen molar-refractivity contribution in [3.05, 3.63) is 52.9 Å². The van der Waals surface area contributed by atoms with E-state index in [9.17, 15) is 13.9 Å². The molecule has 1 atom stereocenters. The summed E-state index contributed by atoms with van der Waals surface area (Å²) in [4.78, 5) is 0. The van der Waals surface area contributed by atoms with Crippen LogP contribution in [0.5, 0.6) is 0 Å². The van der Waals surface area contributed by atoms with Crippen molar-refractivity contribution in [2.75, 3.05) is 0 Å². The number of benzene rings is 1. The Morgan fingerprint density at radius 1 is 1.25 bits per heavy atom. The summed E-state index contributed by atoms with van der Waals surface area (Å²) < 4.78 is 28.3. The van der Waals surface area contributed by atoms with Crippen LogP contribution < -0.4 is 0 Å². The van der Waals surface area contributed by atoms with Gasteiger partial charge < -0.3 is 9.67 Å². The minimum absolute atomic E-state index is 0.328. The standard InChI is InChI=1S/C15H12F2N2O/c16-10-4-11(17)6-12(5-10)19-8-9(7-18)15-13(19)2-1-3-14(15)20/h4-6,8,14,20H,1-3H2.